The third-order valence-electron chi connectivity index (χ3n) is 4.74. The van der Waals surface area contributed by atoms with Crippen molar-refractivity contribution in [2.24, 2.45) is 0 Å². The average Bonchev–Trinajstić information content (AvgIpc) is 3.39. The monoisotopic (exact) mass is 383 g/mol. The number of nitrogens with one attached hydrogen (secondary N) is 1. The van der Waals surface area contributed by atoms with Gasteiger partial charge in [0.15, 0.2) is 5.65 Å². The van der Waals surface area contributed by atoms with Crippen molar-refractivity contribution < 1.29 is 9.59 Å². The highest BCUT2D eigenvalue weighted by molar-refractivity contribution is 7.12. The minimum absolute atomic E-state index is 0.0746. The number of likely N-dealkylation sites (tertiary alicyclic amines) is 1. The summed E-state index contributed by atoms with van der Waals surface area (Å²) in [5, 5.41) is 10.0. The summed E-state index contributed by atoms with van der Waals surface area (Å²) in [7, 11) is 0. The van der Waals surface area contributed by atoms with Crippen LogP contribution < -0.4 is 5.32 Å². The lowest BCUT2D eigenvalue weighted by Gasteiger charge is -2.23. The Kier molecular flexibility index (Phi) is 4.65. The van der Waals surface area contributed by atoms with E-state index >= 15 is 0 Å². The molecule has 0 aromatic carbocycles. The minimum atomic E-state index is -0.450. The topological polar surface area (TPSA) is 80.1 Å². The Morgan fingerprint density at radius 2 is 2.19 bits per heavy atom. The first-order valence-electron chi connectivity index (χ1n) is 9.03. The van der Waals surface area contributed by atoms with E-state index in [1.807, 2.05) is 36.0 Å². The Balaban J connectivity index is 1.51. The maximum absolute atomic E-state index is 12.8. The molecule has 7 nitrogen and oxygen atoms in total. The third-order valence-corrected chi connectivity index (χ3v) is 5.60. The van der Waals surface area contributed by atoms with Crippen LogP contribution in [0.15, 0.2) is 36.0 Å². The lowest BCUT2D eigenvalue weighted by atomic mass is 10.2. The first-order chi connectivity index (χ1) is 13.0. The molecular weight excluding hydrogens is 362 g/mol. The number of pyridine rings is 1. The van der Waals surface area contributed by atoms with Crippen LogP contribution in [0.4, 0.5) is 5.69 Å². The van der Waals surface area contributed by atoms with E-state index in [2.05, 4.69) is 15.4 Å². The van der Waals surface area contributed by atoms with Crippen molar-refractivity contribution in [3.8, 4) is 0 Å². The molecule has 27 heavy (non-hydrogen) atoms. The van der Waals surface area contributed by atoms with Gasteiger partial charge in [-0.15, -0.1) is 11.3 Å². The van der Waals surface area contributed by atoms with Crippen LogP contribution in [0.3, 0.4) is 0 Å². The van der Waals surface area contributed by atoms with Gasteiger partial charge in [-0.1, -0.05) is 6.07 Å². The van der Waals surface area contributed by atoms with Gasteiger partial charge >= 0.3 is 0 Å². The van der Waals surface area contributed by atoms with Crippen LogP contribution in [0.1, 0.15) is 42.4 Å². The molecule has 4 heterocycles. The van der Waals surface area contributed by atoms with E-state index in [1.54, 1.807) is 23.4 Å². The highest BCUT2D eigenvalue weighted by Crippen LogP contribution is 2.24. The fourth-order valence-electron chi connectivity index (χ4n) is 3.44. The maximum atomic E-state index is 12.8. The van der Waals surface area contributed by atoms with Gasteiger partial charge in [0.2, 0.25) is 5.91 Å². The summed E-state index contributed by atoms with van der Waals surface area (Å²) >= 11 is 1.40. The Morgan fingerprint density at radius 1 is 1.33 bits per heavy atom. The van der Waals surface area contributed by atoms with Crippen molar-refractivity contribution >= 4 is 39.9 Å². The molecular formula is C19H21N5O2S. The molecule has 1 aliphatic heterocycles. The molecule has 1 aliphatic rings. The summed E-state index contributed by atoms with van der Waals surface area (Å²) < 4.78 is 1.85. The van der Waals surface area contributed by atoms with E-state index in [4.69, 9.17) is 0 Å². The van der Waals surface area contributed by atoms with Crippen LogP contribution in [0.2, 0.25) is 0 Å². The normalized spacial score (nSPS) is 17.0. The second kappa shape index (κ2) is 7.11. The predicted octanol–water partition coefficient (Wildman–Crippen LogP) is 3.32. The van der Waals surface area contributed by atoms with Crippen LogP contribution in [0.25, 0.3) is 11.0 Å². The Bertz CT molecular complexity index is 979. The van der Waals surface area contributed by atoms with Crippen LogP contribution in [0.5, 0.6) is 0 Å². The summed E-state index contributed by atoms with van der Waals surface area (Å²) in [5.74, 6) is -0.246. The zero-order valence-electron chi connectivity index (χ0n) is 15.3. The summed E-state index contributed by atoms with van der Waals surface area (Å²) in [6, 6.07) is 5.28. The van der Waals surface area contributed by atoms with Gasteiger partial charge in [0.25, 0.3) is 5.91 Å². The van der Waals surface area contributed by atoms with Gasteiger partial charge in [-0.2, -0.15) is 5.10 Å². The molecule has 1 atom stereocenters. The fourth-order valence-corrected chi connectivity index (χ4v) is 4.12. The van der Waals surface area contributed by atoms with E-state index in [0.717, 1.165) is 17.5 Å². The van der Waals surface area contributed by atoms with Gasteiger partial charge in [-0.05, 0) is 44.2 Å². The molecule has 2 amide bonds. The number of hydrogen-bond donors (Lipinski definition) is 1. The zero-order valence-corrected chi connectivity index (χ0v) is 16.1. The molecule has 0 spiro atoms. The van der Waals surface area contributed by atoms with E-state index in [1.165, 1.54) is 11.3 Å². The molecule has 4 rings (SSSR count). The molecule has 1 saturated heterocycles. The Labute approximate surface area is 161 Å². The first-order valence-corrected chi connectivity index (χ1v) is 9.91. The molecule has 0 aliphatic carbocycles. The number of hydrogen-bond acceptors (Lipinski definition) is 5. The van der Waals surface area contributed by atoms with Crippen LogP contribution in [-0.2, 0) is 4.79 Å². The number of amides is 2. The smallest absolute Gasteiger partial charge is 0.264 e. The van der Waals surface area contributed by atoms with Crippen molar-refractivity contribution in [1.29, 1.82) is 0 Å². The summed E-state index contributed by atoms with van der Waals surface area (Å²) in [4.78, 5) is 32.2. The fraction of sp³-hybridized carbons (Fsp3) is 0.368. The highest BCUT2D eigenvalue weighted by atomic mass is 32.1. The Morgan fingerprint density at radius 3 is 2.93 bits per heavy atom. The molecule has 0 saturated carbocycles. The summed E-state index contributed by atoms with van der Waals surface area (Å²) in [5.41, 5.74) is 1.41. The van der Waals surface area contributed by atoms with E-state index in [0.29, 0.717) is 23.5 Å². The van der Waals surface area contributed by atoms with E-state index in [9.17, 15) is 9.59 Å². The lowest BCUT2D eigenvalue weighted by Crippen LogP contribution is -2.42. The number of nitrogens with zero attached hydrogens (tertiary/aromatic N) is 4. The molecule has 140 valence electrons. The van der Waals surface area contributed by atoms with Gasteiger partial charge in [0.1, 0.15) is 6.04 Å². The van der Waals surface area contributed by atoms with Crippen LogP contribution >= 0.6 is 11.3 Å². The van der Waals surface area contributed by atoms with Crippen molar-refractivity contribution in [3.63, 3.8) is 0 Å². The third kappa shape index (κ3) is 3.32. The number of anilines is 1. The number of carbonyl (C=O) groups excluding carboxylic acids is 2. The second-order valence-corrected chi connectivity index (χ2v) is 7.89. The molecule has 0 bridgehead atoms. The minimum Gasteiger partial charge on any atom is -0.326 e. The largest absolute Gasteiger partial charge is 0.326 e. The van der Waals surface area contributed by atoms with Crippen molar-refractivity contribution in [3.05, 3.63) is 40.8 Å². The second-order valence-electron chi connectivity index (χ2n) is 6.94. The molecule has 1 fully saturated rings. The first kappa shape index (κ1) is 17.7. The zero-order chi connectivity index (χ0) is 19.0. The molecule has 3 aromatic heterocycles. The molecule has 3 aromatic rings. The van der Waals surface area contributed by atoms with Crippen LogP contribution in [0, 0.1) is 0 Å². The van der Waals surface area contributed by atoms with Gasteiger partial charge < -0.3 is 10.2 Å². The van der Waals surface area contributed by atoms with E-state index in [-0.39, 0.29) is 17.9 Å². The number of rotatable bonds is 4. The molecule has 8 heteroatoms. The number of thiophene rings is 1. The Hall–Kier alpha value is -2.74. The molecule has 0 unspecified atom stereocenters. The van der Waals surface area contributed by atoms with Crippen molar-refractivity contribution in [2.75, 3.05) is 11.9 Å². The van der Waals surface area contributed by atoms with Gasteiger partial charge in [-0.3, -0.25) is 9.59 Å². The van der Waals surface area contributed by atoms with E-state index < -0.39 is 6.04 Å². The van der Waals surface area contributed by atoms with Gasteiger partial charge in [0, 0.05) is 18.0 Å². The quantitative estimate of drug-likeness (QED) is 0.749. The van der Waals surface area contributed by atoms with Gasteiger partial charge in [0.05, 0.1) is 23.0 Å². The molecule has 1 N–H and O–H groups in total. The van der Waals surface area contributed by atoms with Crippen molar-refractivity contribution in [2.45, 2.75) is 38.8 Å². The number of fused-ring (bicyclic) bond motifs is 1. The lowest BCUT2D eigenvalue weighted by molar-refractivity contribution is -0.119. The number of aromatic nitrogens is 3. The maximum Gasteiger partial charge on any atom is 0.264 e. The standard InChI is InChI=1S/C19H21N5O2S/c1-12(2)24-17-13(10-21-24)9-14(11-20-17)22-18(25)15-5-3-7-23(15)19(26)16-6-4-8-27-16/h4,6,8-12,15H,3,5,7H2,1-2H3,(H,22,25)/t15-/m0/s1. The average molecular weight is 383 g/mol. The van der Waals surface area contributed by atoms with Crippen molar-refractivity contribution in [1.82, 2.24) is 19.7 Å². The predicted molar refractivity (Wildman–Crippen MR) is 105 cm³/mol. The number of carbonyl (C=O) groups is 2. The molecule has 0 radical (unpaired) electrons. The van der Waals surface area contributed by atoms with Crippen LogP contribution in [-0.4, -0.2) is 44.1 Å². The van der Waals surface area contributed by atoms with Gasteiger partial charge in [-0.25, -0.2) is 9.67 Å². The highest BCUT2D eigenvalue weighted by Gasteiger charge is 2.35. The summed E-state index contributed by atoms with van der Waals surface area (Å²) in [6.07, 6.45) is 4.89. The SMILES string of the molecule is CC(C)n1ncc2cc(NC(=O)[C@@H]3CCCN3C(=O)c3cccs3)cnc21. The summed E-state index contributed by atoms with van der Waals surface area (Å²) in [6.45, 7) is 4.69.